The summed E-state index contributed by atoms with van der Waals surface area (Å²) in [5.41, 5.74) is 1.14. The molecule has 0 amide bonds. The molecular weight excluding hydrogens is 271 g/mol. The Kier molecular flexibility index (Phi) is 3.90. The van der Waals surface area contributed by atoms with E-state index in [2.05, 4.69) is 0 Å². The van der Waals surface area contributed by atoms with Crippen molar-refractivity contribution in [3.05, 3.63) is 63.6 Å². The summed E-state index contributed by atoms with van der Waals surface area (Å²) in [7, 11) is 0. The van der Waals surface area contributed by atoms with Crippen LogP contribution < -0.4 is 4.74 Å². The molecule has 18 heavy (non-hydrogen) atoms. The normalized spacial score (nSPS) is 10.2. The molecule has 0 N–H and O–H groups in total. The zero-order valence-electron chi connectivity index (χ0n) is 9.61. The monoisotopic (exact) mass is 280 g/mol. The van der Waals surface area contributed by atoms with E-state index < -0.39 is 5.97 Å². The average Bonchev–Trinajstić information content (AvgIpc) is 2.33. The molecular formula is C14H10Cl2O2. The van der Waals surface area contributed by atoms with E-state index >= 15 is 0 Å². The smallest absolute Gasteiger partial charge is 0.345 e. The lowest BCUT2D eigenvalue weighted by molar-refractivity contribution is 0.0733. The summed E-state index contributed by atoms with van der Waals surface area (Å²) in [6, 6.07) is 11.8. The molecule has 0 unspecified atom stereocenters. The number of carbonyl (C=O) groups excluding carboxylic acids is 1. The summed E-state index contributed by atoms with van der Waals surface area (Å²) in [4.78, 5) is 11.9. The number of esters is 1. The van der Waals surface area contributed by atoms with Gasteiger partial charge in [-0.3, -0.25) is 0 Å². The Morgan fingerprint density at radius 2 is 1.83 bits per heavy atom. The molecule has 0 aliphatic carbocycles. The minimum atomic E-state index is -0.481. The van der Waals surface area contributed by atoms with Gasteiger partial charge < -0.3 is 4.74 Å². The Hall–Kier alpha value is -1.51. The zero-order chi connectivity index (χ0) is 13.1. The molecule has 0 aliphatic heterocycles. The van der Waals surface area contributed by atoms with Gasteiger partial charge in [0.1, 0.15) is 5.75 Å². The molecule has 0 aliphatic rings. The van der Waals surface area contributed by atoms with Crippen LogP contribution in [0.1, 0.15) is 15.9 Å². The SMILES string of the molecule is Cc1cc(Cl)ccc1OC(=O)c1ccccc1Cl. The van der Waals surface area contributed by atoms with Gasteiger partial charge in [-0.1, -0.05) is 35.3 Å². The number of rotatable bonds is 2. The predicted molar refractivity (Wildman–Crippen MR) is 72.6 cm³/mol. The van der Waals surface area contributed by atoms with Gasteiger partial charge in [-0.2, -0.15) is 0 Å². The quantitative estimate of drug-likeness (QED) is 0.597. The second-order valence-electron chi connectivity index (χ2n) is 3.78. The molecule has 0 saturated heterocycles. The molecule has 2 nitrogen and oxygen atoms in total. The second kappa shape index (κ2) is 5.42. The first-order valence-corrected chi connectivity index (χ1v) is 6.06. The van der Waals surface area contributed by atoms with Crippen molar-refractivity contribution in [2.45, 2.75) is 6.92 Å². The molecule has 0 atom stereocenters. The number of hydrogen-bond acceptors (Lipinski definition) is 2. The van der Waals surface area contributed by atoms with Crippen LogP contribution in [0.4, 0.5) is 0 Å². The highest BCUT2D eigenvalue weighted by Crippen LogP contribution is 2.24. The molecule has 2 aromatic carbocycles. The lowest BCUT2D eigenvalue weighted by Crippen LogP contribution is -2.09. The van der Waals surface area contributed by atoms with E-state index in [1.807, 2.05) is 6.92 Å². The maximum absolute atomic E-state index is 11.9. The third-order valence-electron chi connectivity index (χ3n) is 2.43. The highest BCUT2D eigenvalue weighted by atomic mass is 35.5. The fourth-order valence-corrected chi connectivity index (χ4v) is 1.95. The van der Waals surface area contributed by atoms with Crippen LogP contribution in [0.15, 0.2) is 42.5 Å². The van der Waals surface area contributed by atoms with Gasteiger partial charge >= 0.3 is 5.97 Å². The van der Waals surface area contributed by atoms with Gasteiger partial charge in [0.05, 0.1) is 10.6 Å². The van der Waals surface area contributed by atoms with Crippen LogP contribution in [0.25, 0.3) is 0 Å². The molecule has 0 fully saturated rings. The van der Waals surface area contributed by atoms with Crippen molar-refractivity contribution >= 4 is 29.2 Å². The summed E-state index contributed by atoms with van der Waals surface area (Å²) in [5.74, 6) is -0.00431. The fourth-order valence-electron chi connectivity index (χ4n) is 1.51. The lowest BCUT2D eigenvalue weighted by Gasteiger charge is -2.08. The molecule has 4 heteroatoms. The Morgan fingerprint density at radius 1 is 1.11 bits per heavy atom. The van der Waals surface area contributed by atoms with Crippen molar-refractivity contribution in [3.63, 3.8) is 0 Å². The topological polar surface area (TPSA) is 26.3 Å². The highest BCUT2D eigenvalue weighted by molar-refractivity contribution is 6.33. The minimum Gasteiger partial charge on any atom is -0.423 e. The van der Waals surface area contributed by atoms with Crippen LogP contribution in [-0.2, 0) is 0 Å². The predicted octanol–water partition coefficient (Wildman–Crippen LogP) is 4.52. The van der Waals surface area contributed by atoms with Gasteiger partial charge in [0, 0.05) is 5.02 Å². The van der Waals surface area contributed by atoms with E-state index in [4.69, 9.17) is 27.9 Å². The van der Waals surface area contributed by atoms with E-state index in [-0.39, 0.29) is 0 Å². The van der Waals surface area contributed by atoms with Crippen molar-refractivity contribution in [3.8, 4) is 5.75 Å². The van der Waals surface area contributed by atoms with E-state index in [1.165, 1.54) is 0 Å². The lowest BCUT2D eigenvalue weighted by atomic mass is 10.2. The summed E-state index contributed by atoms with van der Waals surface area (Å²) in [5, 5.41) is 0.971. The van der Waals surface area contributed by atoms with Crippen LogP contribution in [0.5, 0.6) is 5.75 Å². The third-order valence-corrected chi connectivity index (χ3v) is 3.00. The Balaban J connectivity index is 2.24. The van der Waals surface area contributed by atoms with Crippen molar-refractivity contribution in [2.24, 2.45) is 0 Å². The number of ether oxygens (including phenoxy) is 1. The molecule has 92 valence electrons. The zero-order valence-corrected chi connectivity index (χ0v) is 11.1. The van der Waals surface area contributed by atoms with Crippen LogP contribution >= 0.6 is 23.2 Å². The van der Waals surface area contributed by atoms with Crippen molar-refractivity contribution in [1.29, 1.82) is 0 Å². The Labute approximate surface area is 115 Å². The van der Waals surface area contributed by atoms with Crippen LogP contribution in [0, 0.1) is 6.92 Å². The van der Waals surface area contributed by atoms with Crippen LogP contribution in [0.2, 0.25) is 10.0 Å². The fraction of sp³-hybridized carbons (Fsp3) is 0.0714. The third kappa shape index (κ3) is 2.84. The largest absolute Gasteiger partial charge is 0.423 e. The standard InChI is InChI=1S/C14H10Cl2O2/c1-9-8-10(15)6-7-13(9)18-14(17)11-4-2-3-5-12(11)16/h2-8H,1H3. The first-order chi connectivity index (χ1) is 8.58. The van der Waals surface area contributed by atoms with Crippen molar-refractivity contribution in [2.75, 3.05) is 0 Å². The first-order valence-electron chi connectivity index (χ1n) is 5.31. The van der Waals surface area contributed by atoms with Crippen molar-refractivity contribution in [1.82, 2.24) is 0 Å². The second-order valence-corrected chi connectivity index (χ2v) is 4.62. The Morgan fingerprint density at radius 3 is 2.50 bits per heavy atom. The maximum Gasteiger partial charge on any atom is 0.345 e. The van der Waals surface area contributed by atoms with E-state index in [1.54, 1.807) is 42.5 Å². The van der Waals surface area contributed by atoms with E-state index in [9.17, 15) is 4.79 Å². The summed E-state index contributed by atoms with van der Waals surface area (Å²) < 4.78 is 5.29. The molecule has 0 saturated carbocycles. The van der Waals surface area contributed by atoms with Gasteiger partial charge in [-0.15, -0.1) is 0 Å². The molecule has 0 spiro atoms. The van der Waals surface area contributed by atoms with Gasteiger partial charge in [-0.05, 0) is 42.8 Å². The summed E-state index contributed by atoms with van der Waals surface area (Å²) in [6.45, 7) is 1.82. The van der Waals surface area contributed by atoms with Crippen molar-refractivity contribution < 1.29 is 9.53 Å². The Bertz CT molecular complexity index is 594. The van der Waals surface area contributed by atoms with Gasteiger partial charge in [0.25, 0.3) is 0 Å². The van der Waals surface area contributed by atoms with E-state index in [0.717, 1.165) is 5.56 Å². The van der Waals surface area contributed by atoms with Crippen LogP contribution in [0.3, 0.4) is 0 Å². The summed E-state index contributed by atoms with van der Waals surface area (Å²) in [6.07, 6.45) is 0. The molecule has 2 aromatic rings. The molecule has 0 bridgehead atoms. The molecule has 0 radical (unpaired) electrons. The summed E-state index contributed by atoms with van der Waals surface area (Å²) >= 11 is 11.8. The minimum absolute atomic E-state index is 0.341. The molecule has 2 rings (SSSR count). The highest BCUT2D eigenvalue weighted by Gasteiger charge is 2.13. The first kappa shape index (κ1) is 12.9. The molecule has 0 heterocycles. The maximum atomic E-state index is 11.9. The number of benzene rings is 2. The average molecular weight is 281 g/mol. The van der Waals surface area contributed by atoms with E-state index in [0.29, 0.717) is 21.4 Å². The number of hydrogen-bond donors (Lipinski definition) is 0. The number of carbonyl (C=O) groups is 1. The van der Waals surface area contributed by atoms with Gasteiger partial charge in [0.2, 0.25) is 0 Å². The molecule has 0 aromatic heterocycles. The van der Waals surface area contributed by atoms with Gasteiger partial charge in [0.15, 0.2) is 0 Å². The van der Waals surface area contributed by atoms with Crippen LogP contribution in [-0.4, -0.2) is 5.97 Å². The number of aryl methyl sites for hydroxylation is 1. The number of halogens is 2. The van der Waals surface area contributed by atoms with Gasteiger partial charge in [-0.25, -0.2) is 4.79 Å².